The van der Waals surface area contributed by atoms with Crippen molar-refractivity contribution in [2.45, 2.75) is 316 Å². The summed E-state index contributed by atoms with van der Waals surface area (Å²) < 4.78 is 16.9. The van der Waals surface area contributed by atoms with E-state index in [0.29, 0.717) is 19.3 Å². The summed E-state index contributed by atoms with van der Waals surface area (Å²) in [5, 5.41) is 0. The molecule has 0 aromatic rings. The van der Waals surface area contributed by atoms with Crippen LogP contribution in [0.1, 0.15) is 310 Å². The zero-order valence-electron chi connectivity index (χ0n) is 52.3. The van der Waals surface area contributed by atoms with Gasteiger partial charge in [-0.05, 0) is 128 Å². The predicted octanol–water partition coefficient (Wildman–Crippen LogP) is 23.2. The van der Waals surface area contributed by atoms with E-state index in [1.165, 1.54) is 128 Å². The van der Waals surface area contributed by atoms with Crippen LogP contribution in [-0.4, -0.2) is 37.2 Å². The molecule has 6 nitrogen and oxygen atoms in total. The number of rotatable bonds is 60. The van der Waals surface area contributed by atoms with Gasteiger partial charge in [-0.15, -0.1) is 0 Å². The first-order valence-corrected chi connectivity index (χ1v) is 33.5. The number of hydrogen-bond acceptors (Lipinski definition) is 6. The summed E-state index contributed by atoms with van der Waals surface area (Å²) in [6.07, 6.45) is 93.5. The van der Waals surface area contributed by atoms with Crippen molar-refractivity contribution in [2.75, 3.05) is 13.2 Å². The smallest absolute Gasteiger partial charge is 0.306 e. The van der Waals surface area contributed by atoms with E-state index in [-0.39, 0.29) is 31.1 Å². The van der Waals surface area contributed by atoms with Crippen LogP contribution < -0.4 is 0 Å². The van der Waals surface area contributed by atoms with Gasteiger partial charge >= 0.3 is 17.9 Å². The summed E-state index contributed by atoms with van der Waals surface area (Å²) in [7, 11) is 0. The maximum Gasteiger partial charge on any atom is 0.306 e. The van der Waals surface area contributed by atoms with Crippen LogP contribution >= 0.6 is 0 Å². The van der Waals surface area contributed by atoms with Crippen molar-refractivity contribution in [3.63, 3.8) is 0 Å². The molecule has 0 amide bonds. The van der Waals surface area contributed by atoms with Crippen molar-refractivity contribution in [1.29, 1.82) is 0 Å². The van der Waals surface area contributed by atoms with Crippen molar-refractivity contribution in [3.8, 4) is 0 Å². The second kappa shape index (κ2) is 67.3. The monoisotopic (exact) mass is 1110 g/mol. The SMILES string of the molecule is CC/C=C\C/C=C\C/C=C\C/C=C\C/C=C\C/C=C\CCCCCCC(=O)OC(COC(=O)CCCCCCC/C=C\C/C=C\CCCC)COC(=O)CCCCCCCCCCCCCCC/C=C\C/C=C\CCCCCCC. The highest BCUT2D eigenvalue weighted by atomic mass is 16.6. The third kappa shape index (κ3) is 64.6. The number of hydrogen-bond donors (Lipinski definition) is 0. The molecular weight excluding hydrogens is 985 g/mol. The topological polar surface area (TPSA) is 78.9 Å². The molecule has 0 rings (SSSR count). The van der Waals surface area contributed by atoms with Crippen LogP contribution in [0.2, 0.25) is 0 Å². The van der Waals surface area contributed by atoms with Gasteiger partial charge in [0.15, 0.2) is 6.10 Å². The molecule has 0 radical (unpaired) electrons. The Morgan fingerprint density at radius 1 is 0.263 bits per heavy atom. The summed E-state index contributed by atoms with van der Waals surface area (Å²) in [4.78, 5) is 38.4. The molecule has 0 aromatic heterocycles. The molecule has 0 aliphatic rings. The van der Waals surface area contributed by atoms with Gasteiger partial charge in [0.25, 0.3) is 0 Å². The van der Waals surface area contributed by atoms with Crippen molar-refractivity contribution in [3.05, 3.63) is 122 Å². The van der Waals surface area contributed by atoms with Gasteiger partial charge in [-0.25, -0.2) is 0 Å². The third-order valence-corrected chi connectivity index (χ3v) is 14.2. The molecule has 0 N–H and O–H groups in total. The van der Waals surface area contributed by atoms with Crippen LogP contribution in [0, 0.1) is 0 Å². The lowest BCUT2D eigenvalue weighted by molar-refractivity contribution is -0.167. The number of ether oxygens (including phenoxy) is 3. The van der Waals surface area contributed by atoms with Gasteiger partial charge in [0.1, 0.15) is 13.2 Å². The van der Waals surface area contributed by atoms with E-state index < -0.39 is 6.10 Å². The van der Waals surface area contributed by atoms with Crippen molar-refractivity contribution < 1.29 is 28.6 Å². The Kier molecular flexibility index (Phi) is 63.8. The Labute approximate surface area is 494 Å². The minimum atomic E-state index is -0.803. The molecule has 6 heteroatoms. The summed E-state index contributed by atoms with van der Waals surface area (Å²) in [6, 6.07) is 0. The number of unbranched alkanes of at least 4 members (excludes halogenated alkanes) is 29. The molecule has 0 spiro atoms. The first kappa shape index (κ1) is 75.8. The standard InChI is InChI=1S/C74H124O6/c1-4-7-10-13-16-19-22-25-28-30-32-34-36-37-39-40-42-44-46-49-52-55-58-61-64-67-73(76)79-70-71(69-78-72(75)66-63-60-57-54-51-48-27-24-21-18-15-12-9-6-3)80-74(77)68-65-62-59-56-53-50-47-45-43-41-38-35-33-31-29-26-23-20-17-14-11-8-5-2/h8,11,15,17-18,20,22,24-27,29-30,32-33,35,41,43,47,50,71H,4-7,9-10,12-14,16,19,21,23,28,31,34,36-40,42,44-46,48-49,51-70H2,1-3H3/b11-8-,18-15-,20-17-,25-22-,27-24-,29-26-,32-30-,35-33-,43-41-,50-47-. The van der Waals surface area contributed by atoms with Crippen LogP contribution in [-0.2, 0) is 28.6 Å². The molecule has 0 saturated heterocycles. The van der Waals surface area contributed by atoms with Gasteiger partial charge in [0.2, 0.25) is 0 Å². The van der Waals surface area contributed by atoms with Gasteiger partial charge in [0.05, 0.1) is 0 Å². The number of carbonyl (C=O) groups excluding carboxylic acids is 3. The zero-order valence-corrected chi connectivity index (χ0v) is 52.3. The van der Waals surface area contributed by atoms with E-state index in [0.717, 1.165) is 141 Å². The van der Waals surface area contributed by atoms with E-state index in [1.54, 1.807) is 0 Å². The highest BCUT2D eigenvalue weighted by molar-refractivity contribution is 5.71. The van der Waals surface area contributed by atoms with Crippen LogP contribution in [0.15, 0.2) is 122 Å². The maximum atomic E-state index is 12.9. The van der Waals surface area contributed by atoms with Crippen molar-refractivity contribution >= 4 is 17.9 Å². The van der Waals surface area contributed by atoms with Crippen LogP contribution in [0.4, 0.5) is 0 Å². The lowest BCUT2D eigenvalue weighted by atomic mass is 10.0. The molecular formula is C74H124O6. The Morgan fingerprint density at radius 2 is 0.500 bits per heavy atom. The quantitative estimate of drug-likeness (QED) is 0.0261. The number of allylic oxidation sites excluding steroid dienone is 20. The van der Waals surface area contributed by atoms with E-state index in [1.807, 2.05) is 0 Å². The predicted molar refractivity (Wildman–Crippen MR) is 348 cm³/mol. The Bertz CT molecular complexity index is 1650. The fraction of sp³-hybridized carbons (Fsp3) is 0.689. The fourth-order valence-electron chi connectivity index (χ4n) is 9.14. The third-order valence-electron chi connectivity index (χ3n) is 14.2. The largest absolute Gasteiger partial charge is 0.462 e. The van der Waals surface area contributed by atoms with Crippen LogP contribution in [0.3, 0.4) is 0 Å². The lowest BCUT2D eigenvalue weighted by Gasteiger charge is -2.18. The molecule has 456 valence electrons. The summed E-state index contributed by atoms with van der Waals surface area (Å²) >= 11 is 0. The molecule has 0 bridgehead atoms. The van der Waals surface area contributed by atoms with Crippen LogP contribution in [0.5, 0.6) is 0 Å². The first-order valence-electron chi connectivity index (χ1n) is 33.5. The van der Waals surface area contributed by atoms with E-state index in [9.17, 15) is 14.4 Å². The van der Waals surface area contributed by atoms with Gasteiger partial charge in [-0.1, -0.05) is 284 Å². The van der Waals surface area contributed by atoms with Gasteiger partial charge < -0.3 is 14.2 Å². The molecule has 1 atom stereocenters. The number of carbonyl (C=O) groups is 3. The first-order chi connectivity index (χ1) is 39.5. The highest BCUT2D eigenvalue weighted by Crippen LogP contribution is 2.16. The molecule has 80 heavy (non-hydrogen) atoms. The average Bonchev–Trinajstić information content (AvgIpc) is 3.46. The van der Waals surface area contributed by atoms with Crippen molar-refractivity contribution in [2.24, 2.45) is 0 Å². The molecule has 0 aliphatic carbocycles. The second-order valence-corrected chi connectivity index (χ2v) is 22.0. The molecule has 0 fully saturated rings. The van der Waals surface area contributed by atoms with E-state index in [4.69, 9.17) is 14.2 Å². The summed E-state index contributed by atoms with van der Waals surface area (Å²) in [5.74, 6) is -0.929. The summed E-state index contributed by atoms with van der Waals surface area (Å²) in [5.41, 5.74) is 0. The zero-order chi connectivity index (χ0) is 57.8. The molecule has 0 aromatic carbocycles. The second-order valence-electron chi connectivity index (χ2n) is 22.0. The van der Waals surface area contributed by atoms with Crippen LogP contribution in [0.25, 0.3) is 0 Å². The summed E-state index contributed by atoms with van der Waals surface area (Å²) in [6.45, 7) is 6.46. The highest BCUT2D eigenvalue weighted by Gasteiger charge is 2.19. The molecule has 0 heterocycles. The Balaban J connectivity index is 4.39. The van der Waals surface area contributed by atoms with Crippen molar-refractivity contribution in [1.82, 2.24) is 0 Å². The normalized spacial score (nSPS) is 12.9. The minimum absolute atomic E-state index is 0.0950. The Hall–Kier alpha value is -4.19. The molecule has 1 unspecified atom stereocenters. The number of esters is 3. The average molecular weight is 1110 g/mol. The fourth-order valence-corrected chi connectivity index (χ4v) is 9.14. The van der Waals surface area contributed by atoms with Gasteiger partial charge in [-0.3, -0.25) is 14.4 Å². The Morgan fingerprint density at radius 3 is 0.800 bits per heavy atom. The lowest BCUT2D eigenvalue weighted by Crippen LogP contribution is -2.30. The maximum absolute atomic E-state index is 12.9. The van der Waals surface area contributed by atoms with E-state index >= 15 is 0 Å². The molecule has 0 aliphatic heterocycles. The van der Waals surface area contributed by atoms with Gasteiger partial charge in [-0.2, -0.15) is 0 Å². The van der Waals surface area contributed by atoms with Gasteiger partial charge in [0, 0.05) is 19.3 Å². The minimum Gasteiger partial charge on any atom is -0.462 e. The van der Waals surface area contributed by atoms with E-state index in [2.05, 4.69) is 142 Å². The molecule has 0 saturated carbocycles.